The van der Waals surface area contributed by atoms with Gasteiger partial charge in [-0.05, 0) is 42.8 Å². The first-order chi connectivity index (χ1) is 11.2. The molecule has 2 aromatic carbocycles. The summed E-state index contributed by atoms with van der Waals surface area (Å²) in [4.78, 5) is 0. The fourth-order valence-corrected chi connectivity index (χ4v) is 2.59. The van der Waals surface area contributed by atoms with Gasteiger partial charge in [0.25, 0.3) is 0 Å². The summed E-state index contributed by atoms with van der Waals surface area (Å²) in [5.74, 6) is 1.95. The molecule has 124 valence electrons. The molecule has 0 atom stereocenters. The highest BCUT2D eigenvalue weighted by atomic mass is 35.5. The summed E-state index contributed by atoms with van der Waals surface area (Å²) in [6.45, 7) is 1.25. The van der Waals surface area contributed by atoms with Crippen LogP contribution >= 0.6 is 23.2 Å². The van der Waals surface area contributed by atoms with Crippen molar-refractivity contribution in [1.29, 1.82) is 0 Å². The average molecular weight is 356 g/mol. The number of hydrogen-bond acceptors (Lipinski definition) is 4. The summed E-state index contributed by atoms with van der Waals surface area (Å²) >= 11 is 11.9. The SMILES string of the molecule is COc1cccc(CCN)c1OCCOc1ccc(Cl)cc1Cl. The molecule has 0 amide bonds. The van der Waals surface area contributed by atoms with Crippen molar-refractivity contribution >= 4 is 23.2 Å². The third-order valence-corrected chi connectivity index (χ3v) is 3.71. The largest absolute Gasteiger partial charge is 0.493 e. The van der Waals surface area contributed by atoms with Crippen LogP contribution in [0.25, 0.3) is 0 Å². The molecule has 0 aliphatic carbocycles. The Kier molecular flexibility index (Phi) is 6.84. The van der Waals surface area contributed by atoms with Crippen molar-refractivity contribution in [3.8, 4) is 17.2 Å². The summed E-state index contributed by atoms with van der Waals surface area (Å²) in [5.41, 5.74) is 6.64. The van der Waals surface area contributed by atoms with E-state index in [0.717, 1.165) is 12.0 Å². The predicted molar refractivity (Wildman–Crippen MR) is 93.2 cm³/mol. The molecule has 0 aliphatic heterocycles. The summed E-state index contributed by atoms with van der Waals surface area (Å²) < 4.78 is 16.8. The molecule has 2 N–H and O–H groups in total. The molecule has 0 spiro atoms. The maximum absolute atomic E-state index is 6.06. The number of methoxy groups -OCH3 is 1. The molecule has 0 radical (unpaired) electrons. The number of halogens is 2. The smallest absolute Gasteiger partial charge is 0.164 e. The van der Waals surface area contributed by atoms with E-state index in [1.807, 2.05) is 18.2 Å². The van der Waals surface area contributed by atoms with Crippen LogP contribution in [0.5, 0.6) is 17.2 Å². The standard InChI is InChI=1S/C17H19Cl2NO3/c1-21-16-4-2-3-12(7-8-20)17(16)23-10-9-22-15-6-5-13(18)11-14(15)19/h2-6,11H,7-10,20H2,1H3. The zero-order chi connectivity index (χ0) is 16.7. The van der Waals surface area contributed by atoms with Crippen LogP contribution in [0.2, 0.25) is 10.0 Å². The van der Waals surface area contributed by atoms with E-state index in [2.05, 4.69) is 0 Å². The first-order valence-electron chi connectivity index (χ1n) is 7.22. The van der Waals surface area contributed by atoms with Gasteiger partial charge in [-0.25, -0.2) is 0 Å². The normalized spacial score (nSPS) is 10.4. The van der Waals surface area contributed by atoms with E-state index in [1.54, 1.807) is 25.3 Å². The van der Waals surface area contributed by atoms with Crippen molar-refractivity contribution < 1.29 is 14.2 Å². The Morgan fingerprint density at radius 1 is 1.00 bits per heavy atom. The van der Waals surface area contributed by atoms with Crippen LogP contribution in [0, 0.1) is 0 Å². The second-order valence-electron chi connectivity index (χ2n) is 4.76. The van der Waals surface area contributed by atoms with Gasteiger partial charge in [-0.2, -0.15) is 0 Å². The molecule has 0 aromatic heterocycles. The zero-order valence-electron chi connectivity index (χ0n) is 12.9. The van der Waals surface area contributed by atoms with E-state index in [4.69, 9.17) is 43.1 Å². The lowest BCUT2D eigenvalue weighted by Gasteiger charge is -2.15. The van der Waals surface area contributed by atoms with Gasteiger partial charge in [0.1, 0.15) is 19.0 Å². The first-order valence-corrected chi connectivity index (χ1v) is 7.98. The Balaban J connectivity index is 1.95. The Hall–Kier alpha value is -1.62. The second kappa shape index (κ2) is 8.87. The van der Waals surface area contributed by atoms with Crippen molar-refractivity contribution in [2.75, 3.05) is 26.9 Å². The van der Waals surface area contributed by atoms with Crippen molar-refractivity contribution in [1.82, 2.24) is 0 Å². The van der Waals surface area contributed by atoms with E-state index in [1.165, 1.54) is 0 Å². The highest BCUT2D eigenvalue weighted by Gasteiger charge is 2.10. The highest BCUT2D eigenvalue weighted by Crippen LogP contribution is 2.31. The quantitative estimate of drug-likeness (QED) is 0.728. The third kappa shape index (κ3) is 4.93. The Bertz CT molecular complexity index is 650. The number of ether oxygens (including phenoxy) is 3. The number of rotatable bonds is 8. The van der Waals surface area contributed by atoms with Crippen LogP contribution in [0.1, 0.15) is 5.56 Å². The molecule has 2 aromatic rings. The summed E-state index contributed by atoms with van der Waals surface area (Å²) in [6, 6.07) is 10.8. The number of para-hydroxylation sites is 1. The maximum atomic E-state index is 6.06. The molecular weight excluding hydrogens is 337 g/mol. The second-order valence-corrected chi connectivity index (χ2v) is 5.60. The zero-order valence-corrected chi connectivity index (χ0v) is 14.4. The minimum atomic E-state index is 0.349. The van der Waals surface area contributed by atoms with E-state index in [9.17, 15) is 0 Å². The van der Waals surface area contributed by atoms with Crippen molar-refractivity contribution in [2.24, 2.45) is 5.73 Å². The van der Waals surface area contributed by atoms with Crippen LogP contribution in [0.4, 0.5) is 0 Å². The fourth-order valence-electron chi connectivity index (χ4n) is 2.13. The van der Waals surface area contributed by atoms with Crippen LogP contribution in [0.15, 0.2) is 36.4 Å². The molecule has 23 heavy (non-hydrogen) atoms. The molecule has 0 fully saturated rings. The topological polar surface area (TPSA) is 53.7 Å². The molecule has 0 saturated carbocycles. The minimum Gasteiger partial charge on any atom is -0.493 e. The van der Waals surface area contributed by atoms with Gasteiger partial charge >= 0.3 is 0 Å². The van der Waals surface area contributed by atoms with Gasteiger partial charge in [0.05, 0.1) is 12.1 Å². The Morgan fingerprint density at radius 3 is 2.48 bits per heavy atom. The lowest BCUT2D eigenvalue weighted by molar-refractivity contribution is 0.210. The summed E-state index contributed by atoms with van der Waals surface area (Å²) in [7, 11) is 1.61. The molecule has 0 saturated heterocycles. The third-order valence-electron chi connectivity index (χ3n) is 3.18. The highest BCUT2D eigenvalue weighted by molar-refractivity contribution is 6.35. The van der Waals surface area contributed by atoms with Crippen molar-refractivity contribution in [3.63, 3.8) is 0 Å². The number of hydrogen-bond donors (Lipinski definition) is 1. The number of benzene rings is 2. The monoisotopic (exact) mass is 355 g/mol. The van der Waals surface area contributed by atoms with E-state index < -0.39 is 0 Å². The van der Waals surface area contributed by atoms with Gasteiger partial charge < -0.3 is 19.9 Å². The van der Waals surface area contributed by atoms with Gasteiger partial charge in [-0.15, -0.1) is 0 Å². The molecule has 0 heterocycles. The van der Waals surface area contributed by atoms with Crippen LogP contribution in [0.3, 0.4) is 0 Å². The van der Waals surface area contributed by atoms with Gasteiger partial charge in [0.15, 0.2) is 11.5 Å². The summed E-state index contributed by atoms with van der Waals surface area (Å²) in [5, 5.41) is 1.04. The first kappa shape index (κ1) is 17.7. The van der Waals surface area contributed by atoms with E-state index >= 15 is 0 Å². The molecule has 0 unspecified atom stereocenters. The molecule has 4 nitrogen and oxygen atoms in total. The Morgan fingerprint density at radius 2 is 1.78 bits per heavy atom. The average Bonchev–Trinajstić information content (AvgIpc) is 2.54. The van der Waals surface area contributed by atoms with Gasteiger partial charge in [-0.3, -0.25) is 0 Å². The van der Waals surface area contributed by atoms with Crippen LogP contribution in [-0.4, -0.2) is 26.9 Å². The Labute approximate surface area is 146 Å². The summed E-state index contributed by atoms with van der Waals surface area (Å²) in [6.07, 6.45) is 0.719. The maximum Gasteiger partial charge on any atom is 0.164 e. The van der Waals surface area contributed by atoms with Crippen LogP contribution < -0.4 is 19.9 Å². The molecule has 0 aliphatic rings. The van der Waals surface area contributed by atoms with Gasteiger partial charge in [0, 0.05) is 5.02 Å². The number of nitrogens with two attached hydrogens (primary N) is 1. The lowest BCUT2D eigenvalue weighted by Crippen LogP contribution is -2.12. The fraction of sp³-hybridized carbons (Fsp3) is 0.294. The van der Waals surface area contributed by atoms with E-state index in [-0.39, 0.29) is 0 Å². The molecule has 6 heteroatoms. The van der Waals surface area contributed by atoms with Crippen molar-refractivity contribution in [2.45, 2.75) is 6.42 Å². The minimum absolute atomic E-state index is 0.349. The molecule has 0 bridgehead atoms. The lowest BCUT2D eigenvalue weighted by atomic mass is 10.1. The predicted octanol–water partition coefficient (Wildman–Crippen LogP) is 3.96. The molecule has 2 rings (SSSR count). The van der Waals surface area contributed by atoms with Crippen LogP contribution in [-0.2, 0) is 6.42 Å². The van der Waals surface area contributed by atoms with E-state index in [0.29, 0.717) is 47.1 Å². The van der Waals surface area contributed by atoms with Gasteiger partial charge in [-0.1, -0.05) is 35.3 Å². The molecular formula is C17H19Cl2NO3. The van der Waals surface area contributed by atoms with Crippen molar-refractivity contribution in [3.05, 3.63) is 52.0 Å². The van der Waals surface area contributed by atoms with Gasteiger partial charge in [0.2, 0.25) is 0 Å².